The van der Waals surface area contributed by atoms with Crippen LogP contribution in [0, 0.1) is 0 Å². The van der Waals surface area contributed by atoms with Gasteiger partial charge < -0.3 is 24.3 Å². The molecule has 1 fully saturated rings. The normalized spacial score (nSPS) is 21.2. The Bertz CT molecular complexity index is 760. The first-order chi connectivity index (χ1) is 12.0. The zero-order valence-electron chi connectivity index (χ0n) is 14.1. The molecule has 138 valence electrons. The molecule has 25 heavy (non-hydrogen) atoms. The summed E-state index contributed by atoms with van der Waals surface area (Å²) < 4.78 is 34.1. The van der Waals surface area contributed by atoms with Crippen LogP contribution in [-0.2, 0) is 23.1 Å². The first-order valence-electron chi connectivity index (χ1n) is 8.03. The van der Waals surface area contributed by atoms with Gasteiger partial charge in [-0.05, 0) is 13.8 Å². The Labute approximate surface area is 144 Å². The molecule has 2 N–H and O–H groups in total. The van der Waals surface area contributed by atoms with E-state index in [0.717, 1.165) is 0 Å². The second kappa shape index (κ2) is 7.71. The summed E-state index contributed by atoms with van der Waals surface area (Å²) in [4.78, 5) is 9.31. The monoisotopic (exact) mass is 372 g/mol. The molecule has 0 unspecified atom stereocenters. The van der Waals surface area contributed by atoms with Crippen LogP contribution < -0.4 is 5.73 Å². The van der Waals surface area contributed by atoms with Gasteiger partial charge in [-0.2, -0.15) is 4.80 Å². The van der Waals surface area contributed by atoms with Crippen molar-refractivity contribution in [1.29, 1.82) is 0 Å². The number of fused-ring (bicyclic) bond motifs is 1. The molecule has 11 nitrogen and oxygen atoms in total. The van der Waals surface area contributed by atoms with Crippen LogP contribution in [0.2, 0.25) is 0 Å². The summed E-state index contributed by atoms with van der Waals surface area (Å²) in [5, 5.41) is 8.51. The number of ether oxygens (including phenoxy) is 2. The van der Waals surface area contributed by atoms with Crippen molar-refractivity contribution in [3.05, 3.63) is 6.33 Å². The third-order valence-electron chi connectivity index (χ3n) is 3.52. The molecule has 2 atom stereocenters. The van der Waals surface area contributed by atoms with E-state index in [1.807, 2.05) is 0 Å². The minimum atomic E-state index is -3.27. The van der Waals surface area contributed by atoms with E-state index in [1.165, 1.54) is 11.1 Å². The molecule has 2 aromatic heterocycles. The highest BCUT2D eigenvalue weighted by atomic mass is 31.2. The van der Waals surface area contributed by atoms with Crippen molar-refractivity contribution in [2.24, 2.45) is 0 Å². The van der Waals surface area contributed by atoms with Gasteiger partial charge in [0.2, 0.25) is 5.65 Å². The molecule has 0 radical (unpaired) electrons. The van der Waals surface area contributed by atoms with Gasteiger partial charge in [-0.25, -0.2) is 9.97 Å². The number of rotatable bonds is 8. The van der Waals surface area contributed by atoms with Gasteiger partial charge in [0.25, 0.3) is 0 Å². The maximum Gasteiger partial charge on any atom is 0.356 e. The van der Waals surface area contributed by atoms with Crippen molar-refractivity contribution in [3.63, 3.8) is 0 Å². The molecule has 0 bridgehead atoms. The highest BCUT2D eigenvalue weighted by Crippen LogP contribution is 2.48. The van der Waals surface area contributed by atoms with Crippen LogP contribution in [0.15, 0.2) is 6.33 Å². The molecule has 0 spiro atoms. The lowest BCUT2D eigenvalue weighted by atomic mass is 10.3. The molecule has 0 amide bonds. The van der Waals surface area contributed by atoms with E-state index in [-0.39, 0.29) is 25.4 Å². The lowest BCUT2D eigenvalue weighted by Crippen LogP contribution is -2.17. The summed E-state index contributed by atoms with van der Waals surface area (Å²) in [7, 11) is -3.27. The summed E-state index contributed by atoms with van der Waals surface area (Å²) in [5.41, 5.74) is 6.58. The fraction of sp³-hybridized carbons (Fsp3) is 0.692. The van der Waals surface area contributed by atoms with E-state index < -0.39 is 20.1 Å². The Morgan fingerprint density at radius 1 is 1.28 bits per heavy atom. The average Bonchev–Trinajstić information content (AvgIpc) is 3.21. The summed E-state index contributed by atoms with van der Waals surface area (Å²) in [6.45, 7) is 4.05. The number of hydrogen-bond acceptors (Lipinski definition) is 10. The van der Waals surface area contributed by atoms with Gasteiger partial charge >= 0.3 is 7.60 Å². The second-order valence-electron chi connectivity index (χ2n) is 5.29. The summed E-state index contributed by atoms with van der Waals surface area (Å²) >= 11 is 0. The van der Waals surface area contributed by atoms with Crippen LogP contribution in [-0.4, -0.2) is 50.8 Å². The quantitative estimate of drug-likeness (QED) is 0.681. The SMILES string of the molecule is CCOP(=O)(CO[C@@H]1CC[C@H](n2nc3ncnc(N)c3n2)O1)OCC. The van der Waals surface area contributed by atoms with Gasteiger partial charge in [0.15, 0.2) is 30.2 Å². The van der Waals surface area contributed by atoms with Crippen molar-refractivity contribution in [2.45, 2.75) is 39.2 Å². The molecular formula is C13H21N6O5P. The average molecular weight is 372 g/mol. The van der Waals surface area contributed by atoms with Crippen LogP contribution in [0.4, 0.5) is 5.82 Å². The van der Waals surface area contributed by atoms with Gasteiger partial charge in [0, 0.05) is 12.8 Å². The van der Waals surface area contributed by atoms with Crippen molar-refractivity contribution < 1.29 is 23.1 Å². The van der Waals surface area contributed by atoms with Crippen LogP contribution in [0.25, 0.3) is 11.2 Å². The lowest BCUT2D eigenvalue weighted by molar-refractivity contribution is -0.147. The molecule has 12 heteroatoms. The van der Waals surface area contributed by atoms with Gasteiger partial charge in [0.05, 0.1) is 13.2 Å². The molecular weight excluding hydrogens is 351 g/mol. The summed E-state index contributed by atoms with van der Waals surface area (Å²) in [6, 6.07) is 0. The fourth-order valence-corrected chi connectivity index (χ4v) is 3.82. The largest absolute Gasteiger partial charge is 0.382 e. The molecule has 1 saturated heterocycles. The van der Waals surface area contributed by atoms with Crippen molar-refractivity contribution in [2.75, 3.05) is 25.3 Å². The highest BCUT2D eigenvalue weighted by molar-refractivity contribution is 7.53. The van der Waals surface area contributed by atoms with Crippen LogP contribution in [0.5, 0.6) is 0 Å². The van der Waals surface area contributed by atoms with Gasteiger partial charge in [-0.3, -0.25) is 4.57 Å². The van der Waals surface area contributed by atoms with E-state index in [9.17, 15) is 4.57 Å². The number of nitrogens with zero attached hydrogens (tertiary/aromatic N) is 5. The number of nitrogen functional groups attached to an aromatic ring is 1. The molecule has 1 aliphatic rings. The molecule has 3 rings (SSSR count). The van der Waals surface area contributed by atoms with Gasteiger partial charge in [-0.15, -0.1) is 10.2 Å². The molecule has 1 aliphatic heterocycles. The lowest BCUT2D eigenvalue weighted by Gasteiger charge is -2.19. The van der Waals surface area contributed by atoms with E-state index in [2.05, 4.69) is 20.2 Å². The number of nitrogens with two attached hydrogens (primary N) is 1. The van der Waals surface area contributed by atoms with E-state index in [1.54, 1.807) is 13.8 Å². The zero-order chi connectivity index (χ0) is 17.9. The Balaban J connectivity index is 1.61. The van der Waals surface area contributed by atoms with Crippen molar-refractivity contribution in [1.82, 2.24) is 25.0 Å². The van der Waals surface area contributed by atoms with E-state index in [4.69, 9.17) is 24.3 Å². The number of hydrogen-bond donors (Lipinski definition) is 1. The van der Waals surface area contributed by atoms with Gasteiger partial charge in [-0.1, -0.05) is 0 Å². The Kier molecular flexibility index (Phi) is 5.60. The Hall–Kier alpha value is -1.65. The van der Waals surface area contributed by atoms with E-state index >= 15 is 0 Å². The first kappa shape index (κ1) is 18.2. The second-order valence-corrected chi connectivity index (χ2v) is 7.29. The molecule has 0 saturated carbocycles. The fourth-order valence-electron chi connectivity index (χ4n) is 2.46. The molecule has 0 aromatic carbocycles. The van der Waals surface area contributed by atoms with Crippen molar-refractivity contribution in [3.8, 4) is 0 Å². The summed E-state index contributed by atoms with van der Waals surface area (Å²) in [5.74, 6) is 0.261. The smallest absolute Gasteiger partial charge is 0.356 e. The minimum Gasteiger partial charge on any atom is -0.382 e. The predicted octanol–water partition coefficient (Wildman–Crippen LogP) is 1.68. The first-order valence-corrected chi connectivity index (χ1v) is 9.75. The van der Waals surface area contributed by atoms with Crippen LogP contribution in [0.3, 0.4) is 0 Å². The minimum absolute atomic E-state index is 0.168. The predicted molar refractivity (Wildman–Crippen MR) is 87.5 cm³/mol. The maximum absolute atomic E-state index is 12.4. The molecule has 3 heterocycles. The third-order valence-corrected chi connectivity index (χ3v) is 5.29. The standard InChI is InChI=1S/C13H21N6O5P/c1-3-22-25(20,23-4-2)8-21-10-6-5-9(24-10)19-17-11-12(14)15-7-16-13(11)18-19/h7,9-10H,3-6,8H2,1-2H3,(H2,14,15,16,18)/t9-,10+/m1/s1. The zero-order valence-corrected chi connectivity index (χ0v) is 15.0. The Morgan fingerprint density at radius 2 is 2.04 bits per heavy atom. The molecule has 0 aliphatic carbocycles. The van der Waals surface area contributed by atoms with Crippen LogP contribution >= 0.6 is 7.60 Å². The van der Waals surface area contributed by atoms with Gasteiger partial charge in [0.1, 0.15) is 6.33 Å². The molecule has 2 aromatic rings. The maximum atomic E-state index is 12.4. The Morgan fingerprint density at radius 3 is 2.72 bits per heavy atom. The topological polar surface area (TPSA) is 136 Å². The number of anilines is 1. The van der Waals surface area contributed by atoms with E-state index in [0.29, 0.717) is 24.0 Å². The highest BCUT2D eigenvalue weighted by Gasteiger charge is 2.32. The number of aromatic nitrogens is 5. The van der Waals surface area contributed by atoms with Crippen molar-refractivity contribution >= 4 is 24.6 Å². The van der Waals surface area contributed by atoms with Crippen LogP contribution in [0.1, 0.15) is 32.9 Å². The summed E-state index contributed by atoms with van der Waals surface area (Å²) in [6.07, 6.45) is 1.43. The third kappa shape index (κ3) is 4.13.